The second-order valence-electron chi connectivity index (χ2n) is 4.44. The molecule has 1 fully saturated rings. The Morgan fingerprint density at radius 2 is 2.31 bits per heavy atom. The number of likely N-dealkylation sites (tertiary alicyclic amines) is 1. The van der Waals surface area contributed by atoms with E-state index in [-0.39, 0.29) is 0 Å². The van der Waals surface area contributed by atoms with Gasteiger partial charge in [-0.15, -0.1) is 0 Å². The third-order valence-electron chi connectivity index (χ3n) is 2.95. The monoisotopic (exact) mass is 184 g/mol. The predicted molar refractivity (Wildman–Crippen MR) is 58.0 cm³/mol. The third kappa shape index (κ3) is 3.65. The van der Waals surface area contributed by atoms with Gasteiger partial charge in [0.15, 0.2) is 0 Å². The topological polar surface area (TPSA) is 15.3 Å². The molecule has 1 rings (SSSR count). The molecule has 0 bridgehead atoms. The zero-order valence-corrected chi connectivity index (χ0v) is 9.34. The van der Waals surface area contributed by atoms with Crippen molar-refractivity contribution in [1.29, 1.82) is 0 Å². The number of nitrogens with zero attached hydrogens (tertiary/aromatic N) is 1. The first-order chi connectivity index (χ1) is 6.24. The van der Waals surface area contributed by atoms with Gasteiger partial charge in [0, 0.05) is 19.1 Å². The Morgan fingerprint density at radius 3 is 2.85 bits per heavy atom. The Labute approximate surface area is 82.7 Å². The third-order valence-corrected chi connectivity index (χ3v) is 2.95. The van der Waals surface area contributed by atoms with Gasteiger partial charge in [-0.3, -0.25) is 4.90 Å². The van der Waals surface area contributed by atoms with Crippen LogP contribution in [0, 0.1) is 5.92 Å². The molecule has 2 atom stereocenters. The standard InChI is InChI=1S/C11H24N2/c1-4-6-12-8-11(3)13-7-5-10(2)9-13/h10-12H,4-9H2,1-3H3. The van der Waals surface area contributed by atoms with Crippen LogP contribution >= 0.6 is 0 Å². The minimum absolute atomic E-state index is 0.719. The Bertz CT molecular complexity index is 136. The maximum atomic E-state index is 3.48. The minimum atomic E-state index is 0.719. The molecule has 78 valence electrons. The molecule has 0 aromatic carbocycles. The van der Waals surface area contributed by atoms with Crippen LogP contribution in [0.1, 0.15) is 33.6 Å². The van der Waals surface area contributed by atoms with Gasteiger partial charge in [0.05, 0.1) is 0 Å². The lowest BCUT2D eigenvalue weighted by Crippen LogP contribution is -2.39. The molecule has 0 spiro atoms. The highest BCUT2D eigenvalue weighted by molar-refractivity contribution is 4.78. The zero-order chi connectivity index (χ0) is 9.68. The van der Waals surface area contributed by atoms with Gasteiger partial charge in [-0.1, -0.05) is 13.8 Å². The normalized spacial score (nSPS) is 26.5. The Morgan fingerprint density at radius 1 is 1.54 bits per heavy atom. The van der Waals surface area contributed by atoms with E-state index in [1.54, 1.807) is 0 Å². The lowest BCUT2D eigenvalue weighted by Gasteiger charge is -2.24. The van der Waals surface area contributed by atoms with Gasteiger partial charge < -0.3 is 5.32 Å². The first-order valence-electron chi connectivity index (χ1n) is 5.68. The van der Waals surface area contributed by atoms with Gasteiger partial charge in [-0.2, -0.15) is 0 Å². The van der Waals surface area contributed by atoms with Gasteiger partial charge in [0.2, 0.25) is 0 Å². The molecule has 1 aliphatic heterocycles. The molecule has 0 saturated carbocycles. The van der Waals surface area contributed by atoms with Crippen molar-refractivity contribution in [2.45, 2.75) is 39.7 Å². The summed E-state index contributed by atoms with van der Waals surface area (Å²) in [6.45, 7) is 11.8. The maximum Gasteiger partial charge on any atom is 0.0192 e. The van der Waals surface area contributed by atoms with Gasteiger partial charge >= 0.3 is 0 Å². The van der Waals surface area contributed by atoms with E-state index in [0.29, 0.717) is 0 Å². The summed E-state index contributed by atoms with van der Waals surface area (Å²) in [5, 5.41) is 3.48. The quantitative estimate of drug-likeness (QED) is 0.654. The van der Waals surface area contributed by atoms with E-state index in [2.05, 4.69) is 31.0 Å². The molecule has 0 aromatic heterocycles. The second-order valence-corrected chi connectivity index (χ2v) is 4.44. The fourth-order valence-electron chi connectivity index (χ4n) is 1.99. The summed E-state index contributed by atoms with van der Waals surface area (Å²) in [6.07, 6.45) is 2.63. The van der Waals surface area contributed by atoms with Crippen molar-refractivity contribution in [3.63, 3.8) is 0 Å². The summed E-state index contributed by atoms with van der Waals surface area (Å²) in [6, 6.07) is 0.719. The van der Waals surface area contributed by atoms with Crippen LogP contribution in [-0.4, -0.2) is 37.1 Å². The summed E-state index contributed by atoms with van der Waals surface area (Å²) in [7, 11) is 0. The lowest BCUT2D eigenvalue weighted by molar-refractivity contribution is 0.245. The summed E-state index contributed by atoms with van der Waals surface area (Å²) >= 11 is 0. The van der Waals surface area contributed by atoms with Crippen LogP contribution in [0.2, 0.25) is 0 Å². The molecule has 1 heterocycles. The van der Waals surface area contributed by atoms with Crippen molar-refractivity contribution in [1.82, 2.24) is 10.2 Å². The van der Waals surface area contributed by atoms with E-state index >= 15 is 0 Å². The van der Waals surface area contributed by atoms with Gasteiger partial charge in [0.25, 0.3) is 0 Å². The van der Waals surface area contributed by atoms with Crippen molar-refractivity contribution in [3.05, 3.63) is 0 Å². The molecule has 0 amide bonds. The molecule has 1 N–H and O–H groups in total. The minimum Gasteiger partial charge on any atom is -0.315 e. The molecular formula is C11H24N2. The molecular weight excluding hydrogens is 160 g/mol. The van der Waals surface area contributed by atoms with Crippen LogP contribution in [0.5, 0.6) is 0 Å². The predicted octanol–water partition coefficient (Wildman–Crippen LogP) is 1.72. The number of hydrogen-bond acceptors (Lipinski definition) is 2. The number of rotatable bonds is 5. The van der Waals surface area contributed by atoms with E-state index in [9.17, 15) is 0 Å². The second kappa shape index (κ2) is 5.61. The number of hydrogen-bond donors (Lipinski definition) is 1. The molecule has 1 saturated heterocycles. The average molecular weight is 184 g/mol. The zero-order valence-electron chi connectivity index (χ0n) is 9.34. The summed E-state index contributed by atoms with van der Waals surface area (Å²) < 4.78 is 0. The first kappa shape index (κ1) is 11.0. The van der Waals surface area contributed by atoms with E-state index in [0.717, 1.165) is 25.0 Å². The SMILES string of the molecule is CCCNCC(C)N1CCC(C)C1. The Hall–Kier alpha value is -0.0800. The van der Waals surface area contributed by atoms with Crippen molar-refractivity contribution in [3.8, 4) is 0 Å². The molecule has 1 aliphatic rings. The molecule has 0 aliphatic carbocycles. The van der Waals surface area contributed by atoms with E-state index in [1.165, 1.54) is 25.9 Å². The highest BCUT2D eigenvalue weighted by Gasteiger charge is 2.22. The van der Waals surface area contributed by atoms with E-state index < -0.39 is 0 Å². The van der Waals surface area contributed by atoms with Crippen LogP contribution in [0.25, 0.3) is 0 Å². The first-order valence-corrected chi connectivity index (χ1v) is 5.68. The van der Waals surface area contributed by atoms with Gasteiger partial charge in [-0.25, -0.2) is 0 Å². The van der Waals surface area contributed by atoms with Crippen LogP contribution in [0.15, 0.2) is 0 Å². The van der Waals surface area contributed by atoms with Crippen molar-refractivity contribution >= 4 is 0 Å². The molecule has 0 aromatic rings. The van der Waals surface area contributed by atoms with Crippen LogP contribution in [0.4, 0.5) is 0 Å². The summed E-state index contributed by atoms with van der Waals surface area (Å²) in [4.78, 5) is 2.60. The van der Waals surface area contributed by atoms with E-state index in [4.69, 9.17) is 0 Å². The lowest BCUT2D eigenvalue weighted by atomic mass is 10.2. The summed E-state index contributed by atoms with van der Waals surface area (Å²) in [5.74, 6) is 0.911. The average Bonchev–Trinajstić information content (AvgIpc) is 2.52. The van der Waals surface area contributed by atoms with Crippen molar-refractivity contribution < 1.29 is 0 Å². The molecule has 2 nitrogen and oxygen atoms in total. The largest absolute Gasteiger partial charge is 0.315 e. The van der Waals surface area contributed by atoms with Gasteiger partial charge in [-0.05, 0) is 38.8 Å². The fourth-order valence-corrected chi connectivity index (χ4v) is 1.99. The Kier molecular flexibility index (Phi) is 4.74. The molecule has 0 radical (unpaired) electrons. The van der Waals surface area contributed by atoms with E-state index in [1.807, 2.05) is 0 Å². The molecule has 13 heavy (non-hydrogen) atoms. The highest BCUT2D eigenvalue weighted by atomic mass is 15.2. The maximum absolute atomic E-state index is 3.48. The fraction of sp³-hybridized carbons (Fsp3) is 1.00. The van der Waals surface area contributed by atoms with Crippen LogP contribution < -0.4 is 5.32 Å². The number of nitrogens with one attached hydrogen (secondary N) is 1. The Balaban J connectivity index is 2.12. The molecule has 2 heteroatoms. The smallest absolute Gasteiger partial charge is 0.0192 e. The van der Waals surface area contributed by atoms with Crippen molar-refractivity contribution in [2.24, 2.45) is 5.92 Å². The van der Waals surface area contributed by atoms with Crippen LogP contribution in [0.3, 0.4) is 0 Å². The molecule has 2 unspecified atom stereocenters. The summed E-state index contributed by atoms with van der Waals surface area (Å²) in [5.41, 5.74) is 0. The van der Waals surface area contributed by atoms with Gasteiger partial charge in [0.1, 0.15) is 0 Å². The highest BCUT2D eigenvalue weighted by Crippen LogP contribution is 2.16. The van der Waals surface area contributed by atoms with Crippen molar-refractivity contribution in [2.75, 3.05) is 26.2 Å². The van der Waals surface area contributed by atoms with Crippen LogP contribution in [-0.2, 0) is 0 Å².